The number of carbonyl (C=O) groups excluding carboxylic acids is 5. The first-order valence-corrected chi connectivity index (χ1v) is 14.1. The molecule has 4 N–H and O–H groups in total. The molecule has 5 rings (SSSR count). The molecular formula is C31H33N3O11. The summed E-state index contributed by atoms with van der Waals surface area (Å²) in [5, 5.41) is 26.2. The molecule has 14 heteroatoms. The highest BCUT2D eigenvalue weighted by Gasteiger charge is 2.59. The van der Waals surface area contributed by atoms with Crippen LogP contribution < -0.4 is 15.4 Å². The Hall–Kier alpha value is -4.95. The van der Waals surface area contributed by atoms with Gasteiger partial charge in [-0.25, -0.2) is 4.79 Å². The van der Waals surface area contributed by atoms with Gasteiger partial charge in [-0.3, -0.25) is 19.2 Å². The molecule has 0 spiro atoms. The molecule has 3 aliphatic heterocycles. The van der Waals surface area contributed by atoms with Gasteiger partial charge in [0.1, 0.15) is 35.1 Å². The molecule has 3 heterocycles. The topological polar surface area (TPSA) is 193 Å². The lowest BCUT2D eigenvalue weighted by Crippen LogP contribution is -2.49. The Labute approximate surface area is 257 Å². The van der Waals surface area contributed by atoms with Gasteiger partial charge in [0.2, 0.25) is 6.10 Å². The minimum absolute atomic E-state index is 0.0319. The Balaban J connectivity index is 1.51. The van der Waals surface area contributed by atoms with Crippen LogP contribution in [0.15, 0.2) is 53.7 Å². The number of esters is 2. The third kappa shape index (κ3) is 6.06. The van der Waals surface area contributed by atoms with Gasteiger partial charge in [-0.15, -0.1) is 0 Å². The summed E-state index contributed by atoms with van der Waals surface area (Å²) in [6.45, 7) is 5.99. The fraction of sp³-hybridized carbons (Fsp3) is 0.387. The lowest BCUT2D eigenvalue weighted by molar-refractivity contribution is -0.148. The van der Waals surface area contributed by atoms with Crippen molar-refractivity contribution in [3.05, 3.63) is 64.8 Å². The Morgan fingerprint density at radius 3 is 2.44 bits per heavy atom. The highest BCUT2D eigenvalue weighted by molar-refractivity contribution is 6.08. The number of hydrogen-bond acceptors (Lipinski definition) is 12. The van der Waals surface area contributed by atoms with Crippen LogP contribution in [0.3, 0.4) is 0 Å². The Bertz CT molecular complexity index is 1680. The van der Waals surface area contributed by atoms with E-state index in [0.29, 0.717) is 17.4 Å². The van der Waals surface area contributed by atoms with E-state index in [4.69, 9.17) is 18.9 Å². The molecule has 0 bridgehead atoms. The predicted molar refractivity (Wildman–Crippen MR) is 156 cm³/mol. The van der Waals surface area contributed by atoms with Crippen LogP contribution in [-0.2, 0) is 33.4 Å². The summed E-state index contributed by atoms with van der Waals surface area (Å²) in [4.78, 5) is 66.4. The summed E-state index contributed by atoms with van der Waals surface area (Å²) < 4.78 is 21.9. The number of aryl methyl sites for hydroxylation is 1. The average Bonchev–Trinajstić information content (AvgIpc) is 3.92. The minimum Gasteiger partial charge on any atom is -0.513 e. The Kier molecular flexibility index (Phi) is 8.29. The van der Waals surface area contributed by atoms with E-state index in [0.717, 1.165) is 24.8 Å². The van der Waals surface area contributed by atoms with Gasteiger partial charge in [-0.05, 0) is 42.3 Å². The summed E-state index contributed by atoms with van der Waals surface area (Å²) in [5.74, 6) is -3.95. The minimum atomic E-state index is -1.58. The molecule has 2 amide bonds. The molecule has 0 radical (unpaired) electrons. The van der Waals surface area contributed by atoms with Gasteiger partial charge in [-0.2, -0.15) is 0 Å². The maximum Gasteiger partial charge on any atom is 0.339 e. The summed E-state index contributed by atoms with van der Waals surface area (Å²) >= 11 is 0. The van der Waals surface area contributed by atoms with E-state index in [1.54, 1.807) is 30.0 Å². The van der Waals surface area contributed by atoms with Crippen LogP contribution >= 0.6 is 0 Å². The SMILES string of the molecule is COc1cc(C(=O)OC(C(=O)N/C(C(=O)N/C(=C/O)C(C)=O)=C2\[C@@H](OC(C)=O)[C@H](O)[C@@H]3CN23)[C@]2(C)CO2)c2cccc(C)c2c1. The van der Waals surface area contributed by atoms with Gasteiger partial charge in [0.05, 0.1) is 31.0 Å². The highest BCUT2D eigenvalue weighted by atomic mass is 16.6. The Morgan fingerprint density at radius 2 is 1.84 bits per heavy atom. The molecule has 3 aliphatic rings. The molecule has 14 nitrogen and oxygen atoms in total. The van der Waals surface area contributed by atoms with E-state index in [1.807, 2.05) is 13.0 Å². The third-order valence-electron chi connectivity index (χ3n) is 7.98. The highest BCUT2D eigenvalue weighted by Crippen LogP contribution is 2.42. The number of epoxide rings is 1. The number of benzene rings is 2. The normalized spacial score (nSPS) is 25.1. The lowest BCUT2D eigenvalue weighted by atomic mass is 9.99. The number of methoxy groups -OCH3 is 1. The molecule has 0 saturated carbocycles. The van der Waals surface area contributed by atoms with Crippen LogP contribution in [0.2, 0.25) is 0 Å². The number of ketones is 1. The third-order valence-corrected chi connectivity index (χ3v) is 7.98. The largest absolute Gasteiger partial charge is 0.513 e. The van der Waals surface area contributed by atoms with Crippen molar-refractivity contribution in [3.8, 4) is 5.75 Å². The standard InChI is InChI=1S/C31H33N3O11/c1-14-7-6-8-18-19(14)9-17(42-5)10-20(18)30(41)45-27(31(4)13-43-31)29(40)33-23(28(39)32-21(12-35)15(2)36)24-26(44-16(3)37)25(38)22-11-34(22)24/h6-10,12,22,25-27,35,38H,11,13H2,1-5H3,(H,32,39)(H,33,40)/b21-12+,24-23+/t22-,25+,26+,27?,31-,34?/m0/s1. The number of carbonyl (C=O) groups is 5. The van der Waals surface area contributed by atoms with Crippen LogP contribution in [0.4, 0.5) is 0 Å². The number of hydrogen-bond donors (Lipinski definition) is 4. The van der Waals surface area contributed by atoms with Crippen molar-refractivity contribution in [1.82, 2.24) is 15.5 Å². The summed E-state index contributed by atoms with van der Waals surface area (Å²) in [5.41, 5.74) is -1.25. The van der Waals surface area contributed by atoms with Crippen LogP contribution in [0.25, 0.3) is 10.8 Å². The molecule has 45 heavy (non-hydrogen) atoms. The number of aliphatic hydroxyl groups excluding tert-OH is 2. The Morgan fingerprint density at radius 1 is 1.13 bits per heavy atom. The zero-order valence-electron chi connectivity index (χ0n) is 25.2. The number of rotatable bonds is 10. The van der Waals surface area contributed by atoms with Gasteiger partial charge in [0.25, 0.3) is 11.8 Å². The number of nitrogens with one attached hydrogen (secondary N) is 2. The first-order chi connectivity index (χ1) is 21.3. The smallest absolute Gasteiger partial charge is 0.339 e. The molecule has 0 aliphatic carbocycles. The first-order valence-electron chi connectivity index (χ1n) is 14.1. The van der Waals surface area contributed by atoms with Crippen molar-refractivity contribution in [2.75, 3.05) is 20.3 Å². The average molecular weight is 624 g/mol. The molecule has 1 unspecified atom stereocenters. The van der Waals surface area contributed by atoms with Crippen LogP contribution in [0.1, 0.15) is 36.7 Å². The maximum absolute atomic E-state index is 13.9. The number of piperidine rings is 1. The summed E-state index contributed by atoms with van der Waals surface area (Å²) in [6, 6.07) is 8.16. The summed E-state index contributed by atoms with van der Waals surface area (Å²) in [6.07, 6.45) is -3.74. The maximum atomic E-state index is 13.9. The van der Waals surface area contributed by atoms with E-state index < -0.39 is 70.9 Å². The zero-order chi connectivity index (χ0) is 32.8. The van der Waals surface area contributed by atoms with E-state index in [2.05, 4.69) is 10.6 Å². The van der Waals surface area contributed by atoms with Crippen LogP contribution in [0.5, 0.6) is 5.75 Å². The summed E-state index contributed by atoms with van der Waals surface area (Å²) in [7, 11) is 1.46. The lowest BCUT2D eigenvalue weighted by Gasteiger charge is -2.25. The van der Waals surface area contributed by atoms with Crippen molar-refractivity contribution >= 4 is 40.3 Å². The van der Waals surface area contributed by atoms with Crippen molar-refractivity contribution in [3.63, 3.8) is 0 Å². The molecule has 3 saturated heterocycles. The molecule has 0 aromatic heterocycles. The molecule has 2 aromatic carbocycles. The molecule has 5 atom stereocenters. The van der Waals surface area contributed by atoms with E-state index >= 15 is 0 Å². The zero-order valence-corrected chi connectivity index (χ0v) is 25.2. The number of Topliss-reactive ketones (excluding diaryl/α,β-unsaturated/α-hetero) is 1. The monoisotopic (exact) mass is 623 g/mol. The van der Waals surface area contributed by atoms with Crippen molar-refractivity contribution in [2.24, 2.45) is 0 Å². The van der Waals surface area contributed by atoms with Crippen LogP contribution in [-0.4, -0.2) is 94.9 Å². The van der Waals surface area contributed by atoms with Gasteiger partial charge in [0, 0.05) is 20.4 Å². The molecule has 238 valence electrons. The number of ether oxygens (including phenoxy) is 4. The second kappa shape index (κ2) is 11.9. The van der Waals surface area contributed by atoms with Gasteiger partial charge in [0.15, 0.2) is 11.9 Å². The van der Waals surface area contributed by atoms with Crippen LogP contribution in [0, 0.1) is 6.92 Å². The molecule has 3 fully saturated rings. The van der Waals surface area contributed by atoms with E-state index in [9.17, 15) is 34.2 Å². The predicted octanol–water partition coefficient (Wildman–Crippen LogP) is 0.894. The van der Waals surface area contributed by atoms with Gasteiger partial charge >= 0.3 is 11.9 Å². The van der Waals surface area contributed by atoms with Crippen molar-refractivity contribution < 1.29 is 53.1 Å². The molecular weight excluding hydrogens is 590 g/mol. The molecule has 2 aromatic rings. The fourth-order valence-electron chi connectivity index (χ4n) is 5.35. The number of fused-ring (bicyclic) bond motifs is 2. The van der Waals surface area contributed by atoms with E-state index in [1.165, 1.54) is 13.2 Å². The number of aliphatic hydroxyl groups is 2. The second-order valence-corrected chi connectivity index (χ2v) is 11.3. The number of allylic oxidation sites excluding steroid dienone is 1. The first kappa shape index (κ1) is 31.5. The quantitative estimate of drug-likeness (QED) is 0.127. The van der Waals surface area contributed by atoms with Crippen molar-refractivity contribution in [2.45, 2.75) is 57.6 Å². The number of nitrogens with zero attached hydrogens (tertiary/aromatic N) is 1. The van der Waals surface area contributed by atoms with Gasteiger partial charge < -0.3 is 44.7 Å². The van der Waals surface area contributed by atoms with Gasteiger partial charge in [-0.1, -0.05) is 18.2 Å². The number of amides is 2. The fourth-order valence-corrected chi connectivity index (χ4v) is 5.35. The van der Waals surface area contributed by atoms with E-state index in [-0.39, 0.29) is 24.4 Å². The second-order valence-electron chi connectivity index (χ2n) is 11.3. The van der Waals surface area contributed by atoms with Crippen molar-refractivity contribution in [1.29, 1.82) is 0 Å².